The van der Waals surface area contributed by atoms with Crippen LogP contribution in [0.3, 0.4) is 0 Å². The summed E-state index contributed by atoms with van der Waals surface area (Å²) in [5.41, 5.74) is 4.72. The number of hydrogen-bond acceptors (Lipinski definition) is 3. The van der Waals surface area contributed by atoms with Gasteiger partial charge in [0.2, 0.25) is 0 Å². The summed E-state index contributed by atoms with van der Waals surface area (Å²) in [6.07, 6.45) is 1.91. The molecular formula is C19H22N2O. The zero-order valence-corrected chi connectivity index (χ0v) is 13.8. The molecule has 1 unspecified atom stereocenters. The lowest BCUT2D eigenvalue weighted by Crippen LogP contribution is -2.40. The van der Waals surface area contributed by atoms with Crippen molar-refractivity contribution in [1.29, 1.82) is 0 Å². The average Bonchev–Trinajstić information content (AvgIpc) is 2.49. The van der Waals surface area contributed by atoms with E-state index in [-0.39, 0.29) is 5.92 Å². The Morgan fingerprint density at radius 1 is 1.14 bits per heavy atom. The summed E-state index contributed by atoms with van der Waals surface area (Å²) < 4.78 is 6.18. The zero-order valence-electron chi connectivity index (χ0n) is 13.8. The fourth-order valence-electron chi connectivity index (χ4n) is 2.52. The van der Waals surface area contributed by atoms with Gasteiger partial charge in [-0.25, -0.2) is 4.99 Å². The van der Waals surface area contributed by atoms with Gasteiger partial charge in [0.25, 0.3) is 0 Å². The molecule has 3 nitrogen and oxygen atoms in total. The highest BCUT2D eigenvalue weighted by atomic mass is 16.5. The highest BCUT2D eigenvalue weighted by Gasteiger charge is 2.35. The van der Waals surface area contributed by atoms with Crippen LogP contribution in [0, 0.1) is 19.8 Å². The van der Waals surface area contributed by atoms with Gasteiger partial charge in [0.05, 0.1) is 5.71 Å². The first kappa shape index (κ1) is 14.8. The first-order chi connectivity index (χ1) is 10.4. The Balaban J connectivity index is 2.20. The van der Waals surface area contributed by atoms with Crippen molar-refractivity contribution in [3.8, 4) is 5.75 Å². The maximum absolute atomic E-state index is 6.18. The molecule has 0 amide bonds. The number of para-hydroxylation sites is 1. The van der Waals surface area contributed by atoms with Crippen molar-refractivity contribution >= 4 is 5.71 Å². The van der Waals surface area contributed by atoms with Crippen molar-refractivity contribution in [2.45, 2.75) is 40.3 Å². The molecule has 3 heteroatoms. The lowest BCUT2D eigenvalue weighted by molar-refractivity contribution is 0.0462. The van der Waals surface area contributed by atoms with E-state index in [9.17, 15) is 0 Å². The monoisotopic (exact) mass is 294 g/mol. The van der Waals surface area contributed by atoms with Gasteiger partial charge >= 0.3 is 0 Å². The van der Waals surface area contributed by atoms with E-state index in [1.165, 1.54) is 5.56 Å². The first-order valence-corrected chi connectivity index (χ1v) is 7.72. The van der Waals surface area contributed by atoms with Crippen LogP contribution in [-0.2, 0) is 0 Å². The third-order valence-corrected chi connectivity index (χ3v) is 4.48. The van der Waals surface area contributed by atoms with Crippen LogP contribution in [0.4, 0.5) is 0 Å². The zero-order chi connectivity index (χ0) is 15.9. The number of benzene rings is 1. The van der Waals surface area contributed by atoms with Crippen molar-refractivity contribution in [3.05, 3.63) is 58.9 Å². The van der Waals surface area contributed by atoms with E-state index in [1.54, 1.807) is 0 Å². The quantitative estimate of drug-likeness (QED) is 0.827. The first-order valence-electron chi connectivity index (χ1n) is 7.72. The lowest BCUT2D eigenvalue weighted by Gasteiger charge is -2.36. The van der Waals surface area contributed by atoms with Gasteiger partial charge in [-0.3, -0.25) is 4.98 Å². The molecule has 3 rings (SSSR count). The summed E-state index contributed by atoms with van der Waals surface area (Å²) in [6, 6.07) is 10.2. The lowest BCUT2D eigenvalue weighted by atomic mass is 9.95. The second-order valence-corrected chi connectivity index (χ2v) is 6.39. The van der Waals surface area contributed by atoms with Crippen LogP contribution in [0.2, 0.25) is 0 Å². The molecule has 1 aromatic heterocycles. The minimum atomic E-state index is -0.553. The standard InChI is InChI=1S/C19H22N2O/c1-12(2)19(5)21-18(15-10-13(3)14(4)20-11-15)16-8-6-7-9-17(16)22-19/h6-12H,1-5H3. The maximum atomic E-state index is 6.18. The van der Waals surface area contributed by atoms with Gasteiger partial charge in [-0.2, -0.15) is 0 Å². The van der Waals surface area contributed by atoms with E-state index in [2.05, 4.69) is 37.9 Å². The van der Waals surface area contributed by atoms with E-state index in [0.717, 1.165) is 28.3 Å². The second kappa shape index (κ2) is 5.24. The Morgan fingerprint density at radius 3 is 2.55 bits per heavy atom. The van der Waals surface area contributed by atoms with Gasteiger partial charge < -0.3 is 4.74 Å². The largest absolute Gasteiger partial charge is 0.466 e. The van der Waals surface area contributed by atoms with Crippen molar-refractivity contribution in [1.82, 2.24) is 4.98 Å². The van der Waals surface area contributed by atoms with Gasteiger partial charge in [0.15, 0.2) is 5.72 Å². The van der Waals surface area contributed by atoms with E-state index in [4.69, 9.17) is 9.73 Å². The fourth-order valence-corrected chi connectivity index (χ4v) is 2.52. The summed E-state index contributed by atoms with van der Waals surface area (Å²) in [6.45, 7) is 10.4. The highest BCUT2D eigenvalue weighted by Crippen LogP contribution is 2.36. The third-order valence-electron chi connectivity index (χ3n) is 4.48. The molecule has 0 saturated heterocycles. The van der Waals surface area contributed by atoms with E-state index in [1.807, 2.05) is 38.2 Å². The topological polar surface area (TPSA) is 34.5 Å². The van der Waals surface area contributed by atoms with Crippen LogP contribution < -0.4 is 4.74 Å². The number of fused-ring (bicyclic) bond motifs is 1. The summed E-state index contributed by atoms with van der Waals surface area (Å²) in [5, 5.41) is 0. The SMILES string of the molecule is Cc1cc(C2=NC(C)(C(C)C)Oc3ccccc32)cnc1C. The fraction of sp³-hybridized carbons (Fsp3) is 0.368. The van der Waals surface area contributed by atoms with Crippen molar-refractivity contribution in [2.24, 2.45) is 10.9 Å². The maximum Gasteiger partial charge on any atom is 0.200 e. The minimum Gasteiger partial charge on any atom is -0.466 e. The van der Waals surface area contributed by atoms with Crippen molar-refractivity contribution in [3.63, 3.8) is 0 Å². The molecule has 0 radical (unpaired) electrons. The number of aliphatic imine (C=N–C) groups is 1. The number of hydrogen-bond donors (Lipinski definition) is 0. The Labute approximate surface area is 132 Å². The number of rotatable bonds is 2. The highest BCUT2D eigenvalue weighted by molar-refractivity contribution is 6.15. The molecular weight excluding hydrogens is 272 g/mol. The smallest absolute Gasteiger partial charge is 0.200 e. The van der Waals surface area contributed by atoms with E-state index >= 15 is 0 Å². The van der Waals surface area contributed by atoms with Crippen LogP contribution in [0.15, 0.2) is 41.5 Å². The molecule has 0 aliphatic carbocycles. The number of ether oxygens (including phenoxy) is 1. The van der Waals surface area contributed by atoms with Crippen LogP contribution in [-0.4, -0.2) is 16.4 Å². The Bertz CT molecular complexity index is 749. The average molecular weight is 294 g/mol. The normalized spacial score (nSPS) is 20.4. The van der Waals surface area contributed by atoms with Crippen LogP contribution in [0.25, 0.3) is 0 Å². The molecule has 2 heterocycles. The van der Waals surface area contributed by atoms with Gasteiger partial charge in [-0.1, -0.05) is 26.0 Å². The molecule has 114 valence electrons. The third kappa shape index (κ3) is 2.41. The summed E-state index contributed by atoms with van der Waals surface area (Å²) in [7, 11) is 0. The molecule has 0 saturated carbocycles. The predicted octanol–water partition coefficient (Wildman–Crippen LogP) is 4.30. The number of aryl methyl sites for hydroxylation is 2. The summed E-state index contributed by atoms with van der Waals surface area (Å²) in [4.78, 5) is 9.45. The van der Waals surface area contributed by atoms with Gasteiger partial charge in [0, 0.05) is 28.9 Å². The van der Waals surface area contributed by atoms with E-state index < -0.39 is 5.72 Å². The molecule has 0 spiro atoms. The molecule has 1 atom stereocenters. The number of nitrogens with zero attached hydrogens (tertiary/aromatic N) is 2. The Kier molecular flexibility index (Phi) is 3.51. The second-order valence-electron chi connectivity index (χ2n) is 6.39. The minimum absolute atomic E-state index is 0.273. The van der Waals surface area contributed by atoms with Crippen LogP contribution in [0.1, 0.15) is 43.2 Å². The summed E-state index contributed by atoms with van der Waals surface area (Å²) >= 11 is 0. The Hall–Kier alpha value is -2.16. The number of aromatic nitrogens is 1. The van der Waals surface area contributed by atoms with Crippen molar-refractivity contribution < 1.29 is 4.74 Å². The molecule has 22 heavy (non-hydrogen) atoms. The number of pyridine rings is 1. The van der Waals surface area contributed by atoms with E-state index in [0.29, 0.717) is 0 Å². The van der Waals surface area contributed by atoms with Crippen LogP contribution in [0.5, 0.6) is 5.75 Å². The molecule has 2 aromatic rings. The van der Waals surface area contributed by atoms with Crippen LogP contribution >= 0.6 is 0 Å². The van der Waals surface area contributed by atoms with Crippen molar-refractivity contribution in [2.75, 3.05) is 0 Å². The molecule has 0 N–H and O–H groups in total. The van der Waals surface area contributed by atoms with Gasteiger partial charge in [-0.05, 0) is 44.5 Å². The Morgan fingerprint density at radius 2 is 1.86 bits per heavy atom. The molecule has 0 bridgehead atoms. The molecule has 1 aliphatic heterocycles. The molecule has 1 aromatic carbocycles. The molecule has 0 fully saturated rings. The van der Waals surface area contributed by atoms with Gasteiger partial charge in [-0.15, -0.1) is 0 Å². The van der Waals surface area contributed by atoms with Gasteiger partial charge in [0.1, 0.15) is 5.75 Å². The summed E-state index contributed by atoms with van der Waals surface area (Å²) in [5.74, 6) is 1.16. The predicted molar refractivity (Wildman–Crippen MR) is 89.7 cm³/mol. The molecule has 1 aliphatic rings.